The third-order valence-corrected chi connectivity index (χ3v) is 7.51. The Hall–Kier alpha value is -0.810. The molecule has 2 aliphatic heterocycles. The summed E-state index contributed by atoms with van der Waals surface area (Å²) >= 11 is 0. The number of hydrogen-bond donors (Lipinski definition) is 1. The van der Waals surface area contributed by atoms with Crippen LogP contribution in [0.3, 0.4) is 0 Å². The summed E-state index contributed by atoms with van der Waals surface area (Å²) in [5, 5.41) is 0. The van der Waals surface area contributed by atoms with E-state index in [2.05, 4.69) is 46.4 Å². The number of nitrogens with zero attached hydrogens (tertiary/aromatic N) is 2. The summed E-state index contributed by atoms with van der Waals surface area (Å²) < 4.78 is 4.98. The zero-order chi connectivity index (χ0) is 21.8. The van der Waals surface area contributed by atoms with E-state index >= 15 is 0 Å². The van der Waals surface area contributed by atoms with E-state index in [0.29, 0.717) is 24.0 Å². The van der Waals surface area contributed by atoms with Crippen molar-refractivity contribution in [2.75, 3.05) is 26.7 Å². The fourth-order valence-electron chi connectivity index (χ4n) is 6.11. The number of ether oxygens (including phenoxy) is 1. The molecular weight excluding hydrogens is 362 g/mol. The molecule has 2 heterocycles. The lowest BCUT2D eigenvalue weighted by Crippen LogP contribution is -2.52. The second kappa shape index (κ2) is 10.00. The van der Waals surface area contributed by atoms with Crippen LogP contribution in [0.5, 0.6) is 0 Å². The molecule has 2 saturated heterocycles. The molecule has 0 saturated carbocycles. The molecule has 0 radical (unpaired) electrons. The number of nitrogens with two attached hydrogens (primary N) is 1. The predicted octanol–water partition coefficient (Wildman–Crippen LogP) is 4.89. The normalized spacial score (nSPS) is 33.0. The van der Waals surface area contributed by atoms with Crippen LogP contribution in [0.15, 0.2) is 0 Å². The first-order valence-corrected chi connectivity index (χ1v) is 11.8. The van der Waals surface area contributed by atoms with Crippen LogP contribution in [0.4, 0.5) is 4.79 Å². The van der Waals surface area contributed by atoms with Gasteiger partial charge in [0.1, 0.15) is 0 Å². The Balaban J connectivity index is 2.21. The molecule has 5 nitrogen and oxygen atoms in total. The molecule has 0 aliphatic carbocycles. The van der Waals surface area contributed by atoms with Crippen LogP contribution in [-0.2, 0) is 4.74 Å². The van der Waals surface area contributed by atoms with Gasteiger partial charge < -0.3 is 15.4 Å². The van der Waals surface area contributed by atoms with Crippen molar-refractivity contribution in [2.45, 2.75) is 105 Å². The molecule has 0 aromatic rings. The molecule has 2 N–H and O–H groups in total. The molecule has 2 aliphatic rings. The van der Waals surface area contributed by atoms with E-state index in [1.54, 1.807) is 0 Å². The number of likely N-dealkylation sites (tertiary alicyclic amines) is 2. The highest BCUT2D eigenvalue weighted by atomic mass is 16.5. The van der Waals surface area contributed by atoms with Crippen molar-refractivity contribution in [1.82, 2.24) is 9.80 Å². The van der Waals surface area contributed by atoms with Gasteiger partial charge in [-0.2, -0.15) is 0 Å². The summed E-state index contributed by atoms with van der Waals surface area (Å²) in [4.78, 5) is 16.7. The molecule has 0 spiro atoms. The zero-order valence-corrected chi connectivity index (χ0v) is 20.2. The van der Waals surface area contributed by atoms with Gasteiger partial charge >= 0.3 is 6.09 Å². The monoisotopic (exact) mass is 409 g/mol. The summed E-state index contributed by atoms with van der Waals surface area (Å²) in [6.45, 7) is 17.0. The maximum absolute atomic E-state index is 12.0. The van der Waals surface area contributed by atoms with Crippen LogP contribution in [0.2, 0.25) is 0 Å². The summed E-state index contributed by atoms with van der Waals surface area (Å²) in [5.74, 6) is 0.644. The number of methoxy groups -OCH3 is 1. The fourth-order valence-corrected chi connectivity index (χ4v) is 6.11. The van der Waals surface area contributed by atoms with E-state index in [0.717, 1.165) is 45.3 Å². The van der Waals surface area contributed by atoms with E-state index in [9.17, 15) is 4.79 Å². The lowest BCUT2D eigenvalue weighted by Gasteiger charge is -2.47. The third kappa shape index (κ3) is 6.58. The predicted molar refractivity (Wildman–Crippen MR) is 121 cm³/mol. The van der Waals surface area contributed by atoms with Gasteiger partial charge in [0.15, 0.2) is 0 Å². The van der Waals surface area contributed by atoms with Gasteiger partial charge in [-0.3, -0.25) is 4.90 Å². The first kappa shape index (κ1) is 24.5. The standard InChI is InChI=1S/C24H47N3O2/c1-8-9-18(2)21(16-24(6)11-13-26(17-24)22(28)29-7)27-12-10-20(25)15-23(4,5)14-19(27)3/h18-21H,8-17,25H2,1-7H3. The summed E-state index contributed by atoms with van der Waals surface area (Å²) in [6.07, 6.45) is 7.88. The Bertz CT molecular complexity index is 538. The maximum Gasteiger partial charge on any atom is 0.409 e. The SMILES string of the molecule is CCCC(C)C(CC1(C)CCN(C(=O)OC)C1)N1CCC(N)CC(C)(C)CC1C. The van der Waals surface area contributed by atoms with Crippen LogP contribution in [-0.4, -0.2) is 60.8 Å². The third-order valence-electron chi connectivity index (χ3n) is 7.51. The Labute approximate surface area is 179 Å². The molecule has 29 heavy (non-hydrogen) atoms. The van der Waals surface area contributed by atoms with Gasteiger partial charge in [-0.15, -0.1) is 0 Å². The van der Waals surface area contributed by atoms with Crippen LogP contribution >= 0.6 is 0 Å². The highest BCUT2D eigenvalue weighted by Gasteiger charge is 2.42. The number of carbonyl (C=O) groups excluding carboxylic acids is 1. The number of amides is 1. The number of carbonyl (C=O) groups is 1. The number of rotatable bonds is 6. The summed E-state index contributed by atoms with van der Waals surface area (Å²) in [7, 11) is 1.48. The fraction of sp³-hybridized carbons (Fsp3) is 0.958. The number of hydrogen-bond acceptors (Lipinski definition) is 4. The van der Waals surface area contributed by atoms with Gasteiger partial charge in [0.05, 0.1) is 7.11 Å². The second-order valence-corrected chi connectivity index (χ2v) is 11.2. The van der Waals surface area contributed by atoms with Crippen molar-refractivity contribution < 1.29 is 9.53 Å². The van der Waals surface area contributed by atoms with Crippen LogP contribution in [0, 0.1) is 16.7 Å². The lowest BCUT2D eigenvalue weighted by atomic mass is 9.74. The van der Waals surface area contributed by atoms with Crippen molar-refractivity contribution in [3.8, 4) is 0 Å². The van der Waals surface area contributed by atoms with E-state index in [1.807, 2.05) is 4.90 Å². The minimum atomic E-state index is -0.181. The van der Waals surface area contributed by atoms with E-state index < -0.39 is 0 Å². The first-order chi connectivity index (χ1) is 13.5. The highest BCUT2D eigenvalue weighted by molar-refractivity contribution is 5.67. The average molecular weight is 410 g/mol. The van der Waals surface area contributed by atoms with E-state index in [1.165, 1.54) is 26.4 Å². The molecular formula is C24H47N3O2. The second-order valence-electron chi connectivity index (χ2n) is 11.2. The van der Waals surface area contributed by atoms with Gasteiger partial charge in [0.25, 0.3) is 0 Å². The van der Waals surface area contributed by atoms with Crippen molar-refractivity contribution in [3.05, 3.63) is 0 Å². The summed E-state index contributed by atoms with van der Waals surface area (Å²) in [5.41, 5.74) is 6.93. The molecule has 5 atom stereocenters. The zero-order valence-electron chi connectivity index (χ0n) is 20.2. The molecule has 0 aromatic heterocycles. The topological polar surface area (TPSA) is 58.8 Å². The summed E-state index contributed by atoms with van der Waals surface area (Å²) in [6, 6.07) is 1.39. The maximum atomic E-state index is 12.0. The van der Waals surface area contributed by atoms with Gasteiger partial charge in [0, 0.05) is 37.8 Å². The average Bonchev–Trinajstić information content (AvgIpc) is 3.00. The molecule has 5 unspecified atom stereocenters. The van der Waals surface area contributed by atoms with E-state index in [-0.39, 0.29) is 16.9 Å². The molecule has 1 amide bonds. The molecule has 5 heteroatoms. The largest absolute Gasteiger partial charge is 0.453 e. The Morgan fingerprint density at radius 3 is 2.55 bits per heavy atom. The van der Waals surface area contributed by atoms with Gasteiger partial charge in [-0.25, -0.2) is 4.79 Å². The quantitative estimate of drug-likeness (QED) is 0.679. The van der Waals surface area contributed by atoms with Gasteiger partial charge in [-0.05, 0) is 62.2 Å². The Morgan fingerprint density at radius 1 is 1.24 bits per heavy atom. The smallest absolute Gasteiger partial charge is 0.409 e. The first-order valence-electron chi connectivity index (χ1n) is 11.8. The lowest BCUT2D eigenvalue weighted by molar-refractivity contribution is 0.0278. The molecule has 170 valence electrons. The van der Waals surface area contributed by atoms with Crippen molar-refractivity contribution >= 4 is 6.09 Å². The van der Waals surface area contributed by atoms with E-state index in [4.69, 9.17) is 10.5 Å². The van der Waals surface area contributed by atoms with Crippen molar-refractivity contribution in [2.24, 2.45) is 22.5 Å². The molecule has 2 rings (SSSR count). The molecule has 0 aromatic carbocycles. The van der Waals surface area contributed by atoms with Crippen molar-refractivity contribution in [1.29, 1.82) is 0 Å². The van der Waals surface area contributed by atoms with Crippen LogP contribution in [0.1, 0.15) is 86.5 Å². The highest BCUT2D eigenvalue weighted by Crippen LogP contribution is 2.41. The van der Waals surface area contributed by atoms with Crippen LogP contribution < -0.4 is 5.73 Å². The minimum absolute atomic E-state index is 0.153. The van der Waals surface area contributed by atoms with Gasteiger partial charge in [-0.1, -0.05) is 41.0 Å². The van der Waals surface area contributed by atoms with Gasteiger partial charge in [0.2, 0.25) is 0 Å². The van der Waals surface area contributed by atoms with Crippen LogP contribution in [0.25, 0.3) is 0 Å². The Morgan fingerprint density at radius 2 is 1.93 bits per heavy atom. The van der Waals surface area contributed by atoms with Crippen molar-refractivity contribution in [3.63, 3.8) is 0 Å². The Kier molecular flexibility index (Phi) is 8.43. The minimum Gasteiger partial charge on any atom is -0.453 e. The molecule has 2 fully saturated rings. The molecule has 0 bridgehead atoms.